The van der Waals surface area contributed by atoms with E-state index in [0.29, 0.717) is 152 Å². The maximum Gasteiger partial charge on any atom is 0.488 e. The monoisotopic (exact) mass is 1810 g/mol. The Hall–Kier alpha value is -9.39. The van der Waals surface area contributed by atoms with Crippen LogP contribution in [0.2, 0.25) is 0 Å². The van der Waals surface area contributed by atoms with Gasteiger partial charge in [0, 0.05) is 121 Å². The van der Waals surface area contributed by atoms with Crippen LogP contribution in [-0.2, 0) is 29.2 Å². The number of rotatable bonds is 12. The lowest BCUT2D eigenvalue weighted by Gasteiger charge is -2.50. The van der Waals surface area contributed by atoms with Crippen molar-refractivity contribution in [3.8, 4) is 34.5 Å². The second-order valence-electron chi connectivity index (χ2n) is 25.7. The van der Waals surface area contributed by atoms with Crippen molar-refractivity contribution in [3.05, 3.63) is 268 Å². The minimum absolute atomic E-state index is 0. The van der Waals surface area contributed by atoms with Gasteiger partial charge in [-0.3, -0.25) is 38.8 Å². The predicted molar refractivity (Wildman–Crippen MR) is 423 cm³/mol. The summed E-state index contributed by atoms with van der Waals surface area (Å²) in [5.74, 6) is -3.80. The molecular weight excluding hydrogens is 1730 g/mol. The number of methoxy groups -OCH3 is 3. The van der Waals surface area contributed by atoms with Gasteiger partial charge in [0.15, 0.2) is 46.4 Å². The van der Waals surface area contributed by atoms with Crippen LogP contribution in [0, 0.1) is 34.9 Å². The van der Waals surface area contributed by atoms with Gasteiger partial charge in [-0.25, -0.2) is 31.1 Å². The fraction of sp³-hybridized carbons (Fsp3) is 0.253. The quantitative estimate of drug-likeness (QED) is 0.0339. The van der Waals surface area contributed by atoms with Crippen LogP contribution in [0.3, 0.4) is 0 Å². The molecule has 12 N–H and O–H groups in total. The number of carbonyl (C=O) groups is 5. The highest BCUT2D eigenvalue weighted by Gasteiger charge is 2.50. The molecule has 3 saturated heterocycles. The number of carbonyl (C=O) groups excluding carboxylic acids is 5. The number of nitrogens with one attached hydrogen (secondary N) is 1. The van der Waals surface area contributed by atoms with E-state index in [1.54, 1.807) is 85.8 Å². The number of nitrogens with zero attached hydrogens (tertiary/aromatic N) is 4. The SMILES string of the molecule is COC(=O)c1ccc(Br)cc1O.COc1ccc(B(O)O)cc1.COc1ccc(N2C(=O)c3ccc(Br)cc3OC23CCN(Cc2ccc(F)c(F)c2)CC3)cc1.N.NC(=O)c1ccc(Br)cc1O.O.O=C1CCN(Cc2ccc(F)c(F)c2)CC1.O=C1NC2(CCN(Cc3ccc(F)c(F)c3)CC2)Oc2cc(Br)ccc21. The summed E-state index contributed by atoms with van der Waals surface area (Å²) in [4.78, 5) is 66.8. The van der Waals surface area contributed by atoms with Gasteiger partial charge in [-0.15, -0.1) is 0 Å². The highest BCUT2D eigenvalue weighted by molar-refractivity contribution is 9.11. The van der Waals surface area contributed by atoms with Crippen molar-refractivity contribution in [2.75, 3.05) is 65.5 Å². The molecule has 0 unspecified atom stereocenters. The molecule has 33 heteroatoms. The van der Waals surface area contributed by atoms with Gasteiger partial charge >= 0.3 is 13.1 Å². The smallest absolute Gasteiger partial charge is 0.488 e. The van der Waals surface area contributed by atoms with Gasteiger partial charge in [0.1, 0.15) is 45.8 Å². The molecule has 9 aromatic rings. The second kappa shape index (κ2) is 41.4. The normalized spacial score (nSPS) is 15.1. The van der Waals surface area contributed by atoms with Crippen LogP contribution in [-0.4, -0.2) is 149 Å². The fourth-order valence-corrected chi connectivity index (χ4v) is 13.7. The number of hydrogen-bond donors (Lipinski definition) is 7. The molecule has 5 heterocycles. The number of primary amides is 1. The summed E-state index contributed by atoms with van der Waals surface area (Å²) in [6, 6.07) is 45.7. The fourth-order valence-electron chi connectivity index (χ4n) is 12.3. The highest BCUT2D eigenvalue weighted by atomic mass is 79.9. The molecule has 14 rings (SSSR count). The van der Waals surface area contributed by atoms with E-state index < -0.39 is 65.3 Å². The molecule has 5 aliphatic heterocycles. The Labute approximate surface area is 675 Å². The minimum atomic E-state index is -1.40. The first kappa shape index (κ1) is 89.8. The summed E-state index contributed by atoms with van der Waals surface area (Å²) in [5.41, 5.74) is 8.09. The number of ether oxygens (including phenoxy) is 5. The average molecular weight is 1810 g/mol. The number of halogens is 10. The molecule has 9 aromatic carbocycles. The first-order chi connectivity index (χ1) is 52.5. The number of phenolic OH excluding ortho intramolecular Hbond substituents is 1. The van der Waals surface area contributed by atoms with Crippen molar-refractivity contribution in [3.63, 3.8) is 0 Å². The van der Waals surface area contributed by atoms with Crippen molar-refractivity contribution in [2.45, 2.75) is 69.6 Å². The number of nitrogens with two attached hydrogens (primary N) is 1. The lowest BCUT2D eigenvalue weighted by atomic mass is 9.80. The number of anilines is 1. The van der Waals surface area contributed by atoms with E-state index >= 15 is 0 Å². The van der Waals surface area contributed by atoms with Gasteiger partial charge in [-0.2, -0.15) is 0 Å². The molecule has 112 heavy (non-hydrogen) atoms. The van der Waals surface area contributed by atoms with Crippen molar-refractivity contribution in [1.29, 1.82) is 0 Å². The van der Waals surface area contributed by atoms with Crippen molar-refractivity contribution >= 4 is 111 Å². The molecule has 22 nitrogen and oxygen atoms in total. The third-order valence-corrected chi connectivity index (χ3v) is 20.1. The predicted octanol–water partition coefficient (Wildman–Crippen LogP) is 13.6. The second-order valence-corrected chi connectivity index (χ2v) is 29.3. The van der Waals surface area contributed by atoms with Gasteiger partial charge in [-0.1, -0.05) is 94.1 Å². The topological polar surface area (TPSA) is 330 Å². The van der Waals surface area contributed by atoms with Crippen LogP contribution < -0.4 is 46.5 Å². The van der Waals surface area contributed by atoms with Crippen LogP contribution in [0.1, 0.15) is 96.6 Å². The molecule has 2 spiro atoms. The van der Waals surface area contributed by atoms with Gasteiger partial charge in [0.05, 0.1) is 38.0 Å². The third kappa shape index (κ3) is 24.3. The van der Waals surface area contributed by atoms with Crippen LogP contribution in [0.5, 0.6) is 34.5 Å². The number of Topliss-reactive ketones (excluding diaryl/α,β-unsaturated/α-hetero) is 1. The first-order valence-corrected chi connectivity index (χ1v) is 37.3. The standard InChI is InChI=1S/C26H23BrF2N2O3.C19H17BrF2N2O2.C12H13F2NO.C8H7BrO3.C7H9BO3.C7H6BrNO2.H3N.H2O/c1-33-20-6-4-19(5-7-20)31-25(32)21-8-3-18(27)15-24(21)34-26(31)10-12-30(13-11-26)16-17-2-9-22(28)23(29)14-17;20-13-2-3-14-17(10-13)26-19(23-18(14)25)5-7-24(8-6-19)11-12-1-4-15(21)16(22)9-12;13-11-2-1-9(7-12(11)14)8-15-5-3-10(16)4-6-15;1-12-8(11)6-3-2-5(9)4-7(6)10;1-11-7-4-2-6(3-5-7)8(9)10;8-4-1-2-5(7(9)11)6(10)3-4;;/h2-9,14-15H,10-13,16H2,1H3;1-4,9-10H,5-8,11H2,(H,23,25);1-2,7H,3-6,8H2;2-4,10H,1H3;2-5,9-10H,1H3;1-3,10H,(H2,9,11);1H3;1H2. The van der Waals surface area contributed by atoms with Gasteiger partial charge in [0.2, 0.25) is 0 Å². The number of phenols is 2. The Morgan fingerprint density at radius 2 is 0.911 bits per heavy atom. The Kier molecular flexibility index (Phi) is 33.2. The lowest BCUT2D eigenvalue weighted by Crippen LogP contribution is -2.63. The minimum Gasteiger partial charge on any atom is -0.507 e. The van der Waals surface area contributed by atoms with Crippen LogP contribution in [0.25, 0.3) is 0 Å². The Morgan fingerprint density at radius 1 is 0.509 bits per heavy atom. The van der Waals surface area contributed by atoms with Gasteiger partial charge in [-0.05, 0) is 168 Å². The number of fused-ring (bicyclic) bond motifs is 2. The highest BCUT2D eigenvalue weighted by Crippen LogP contribution is 2.44. The largest absolute Gasteiger partial charge is 0.507 e. The number of likely N-dealkylation sites (tertiary alicyclic amines) is 3. The molecule has 3 fully saturated rings. The molecule has 3 amide bonds. The maximum atomic E-state index is 13.7. The number of benzene rings is 9. The van der Waals surface area contributed by atoms with Crippen molar-refractivity contribution < 1.29 is 99.7 Å². The van der Waals surface area contributed by atoms with Crippen LogP contribution in [0.15, 0.2) is 194 Å². The van der Waals surface area contributed by atoms with E-state index in [1.165, 1.54) is 49.6 Å². The van der Waals surface area contributed by atoms with E-state index in [0.717, 1.165) is 44.0 Å². The summed E-state index contributed by atoms with van der Waals surface area (Å²) < 4.78 is 109. The molecule has 0 aromatic heterocycles. The summed E-state index contributed by atoms with van der Waals surface area (Å²) in [5, 5.41) is 38.8. The molecule has 0 bridgehead atoms. The molecule has 594 valence electrons. The molecule has 0 saturated carbocycles. The molecule has 0 radical (unpaired) electrons. The molecular formula is C79H80BBr4F6N7O15. The van der Waals surface area contributed by atoms with Crippen LogP contribution >= 0.6 is 63.7 Å². The zero-order valence-electron chi connectivity index (χ0n) is 60.7. The van der Waals surface area contributed by atoms with Crippen molar-refractivity contribution in [1.82, 2.24) is 26.2 Å². The summed E-state index contributed by atoms with van der Waals surface area (Å²) in [6.45, 7) is 5.63. The zero-order chi connectivity index (χ0) is 79.6. The van der Waals surface area contributed by atoms with Gasteiger partial charge < -0.3 is 66.6 Å². The van der Waals surface area contributed by atoms with E-state index in [4.69, 9.17) is 39.8 Å². The first-order valence-electron chi connectivity index (χ1n) is 34.1. The average Bonchev–Trinajstić information content (AvgIpc) is 0.735. The van der Waals surface area contributed by atoms with Crippen LogP contribution in [0.4, 0.5) is 32.0 Å². The number of esters is 1. The third-order valence-electron chi connectivity index (χ3n) is 18.1. The molecule has 0 aliphatic carbocycles. The zero-order valence-corrected chi connectivity index (χ0v) is 67.0. The van der Waals surface area contributed by atoms with E-state index in [1.807, 2.05) is 48.5 Å². The Morgan fingerprint density at radius 3 is 1.33 bits per heavy atom. The number of amides is 3. The van der Waals surface area contributed by atoms with E-state index in [-0.39, 0.29) is 51.9 Å². The number of ketones is 1. The maximum absolute atomic E-state index is 13.7. The molecule has 5 aliphatic rings. The number of piperidine rings is 3. The Bertz CT molecular complexity index is 4750. The summed E-state index contributed by atoms with van der Waals surface area (Å²) in [7, 11) is 3.03. The number of hydrogen-bond acceptors (Lipinski definition) is 18. The van der Waals surface area contributed by atoms with E-state index in [2.05, 4.69) is 88.5 Å². The lowest BCUT2D eigenvalue weighted by molar-refractivity contribution is -0.121. The molecule has 0 atom stereocenters. The number of aromatic hydroxyl groups is 2. The van der Waals surface area contributed by atoms with Crippen molar-refractivity contribution in [2.24, 2.45) is 5.73 Å². The van der Waals surface area contributed by atoms with E-state index in [9.17, 15) is 55.4 Å². The Balaban J connectivity index is 0.000000198. The van der Waals surface area contributed by atoms with Gasteiger partial charge in [0.25, 0.3) is 17.7 Å². The summed E-state index contributed by atoms with van der Waals surface area (Å²) in [6.07, 6.45) is 3.47. The summed E-state index contributed by atoms with van der Waals surface area (Å²) >= 11 is 13.2.